The Morgan fingerprint density at radius 3 is 2.76 bits per heavy atom. The molecule has 2 heterocycles. The summed E-state index contributed by atoms with van der Waals surface area (Å²) in [6.45, 7) is 2.08. The van der Waals surface area contributed by atoms with Crippen LogP contribution in [0.3, 0.4) is 0 Å². The number of sulfonamides is 1. The highest BCUT2D eigenvalue weighted by molar-refractivity contribution is 7.89. The number of carbonyl (C=O) groups excluding carboxylic acids is 2. The third-order valence-electron chi connectivity index (χ3n) is 4.67. The van der Waals surface area contributed by atoms with Gasteiger partial charge >= 0.3 is 5.97 Å². The standard InChI is InChI=1S/C19H22ClN3O5S/c1-3-28-19(25)17-11-15(12-22(17)2)29(26,27)23-9-5-8-16(23)18(24)21-14-7-4-6-13(20)10-14/h4,6-7,10-12,16H,3,5,8-9H2,1-2H3,(H,21,24)/t16-/m0/s1. The van der Waals surface area contributed by atoms with Crippen LogP contribution in [0.4, 0.5) is 5.69 Å². The maximum absolute atomic E-state index is 13.2. The number of aromatic nitrogens is 1. The van der Waals surface area contributed by atoms with E-state index >= 15 is 0 Å². The van der Waals surface area contributed by atoms with E-state index in [0.717, 1.165) is 0 Å². The number of aryl methyl sites for hydroxylation is 1. The van der Waals surface area contributed by atoms with Crippen LogP contribution >= 0.6 is 11.6 Å². The molecule has 0 spiro atoms. The van der Waals surface area contributed by atoms with Crippen LogP contribution in [-0.4, -0.2) is 48.4 Å². The number of amides is 1. The van der Waals surface area contributed by atoms with Crippen LogP contribution in [0, 0.1) is 0 Å². The van der Waals surface area contributed by atoms with Crippen LogP contribution in [0.15, 0.2) is 41.4 Å². The van der Waals surface area contributed by atoms with E-state index in [1.165, 1.54) is 21.1 Å². The molecule has 1 aromatic heterocycles. The van der Waals surface area contributed by atoms with Crippen molar-refractivity contribution in [1.82, 2.24) is 8.87 Å². The number of rotatable bonds is 6. The van der Waals surface area contributed by atoms with Crippen molar-refractivity contribution in [3.8, 4) is 0 Å². The largest absolute Gasteiger partial charge is 0.461 e. The number of benzene rings is 1. The van der Waals surface area contributed by atoms with E-state index < -0.39 is 27.9 Å². The average Bonchev–Trinajstić information content (AvgIpc) is 3.29. The Labute approximate surface area is 174 Å². The van der Waals surface area contributed by atoms with Gasteiger partial charge in [-0.1, -0.05) is 17.7 Å². The Balaban J connectivity index is 1.83. The van der Waals surface area contributed by atoms with Crippen molar-refractivity contribution in [3.63, 3.8) is 0 Å². The van der Waals surface area contributed by atoms with Crippen LogP contribution < -0.4 is 5.32 Å². The van der Waals surface area contributed by atoms with E-state index in [0.29, 0.717) is 23.6 Å². The summed E-state index contributed by atoms with van der Waals surface area (Å²) < 4.78 is 33.9. The summed E-state index contributed by atoms with van der Waals surface area (Å²) in [5.41, 5.74) is 0.626. The number of nitrogens with zero attached hydrogens (tertiary/aromatic N) is 2. The van der Waals surface area contributed by atoms with Crippen molar-refractivity contribution in [2.24, 2.45) is 7.05 Å². The molecule has 10 heteroatoms. The summed E-state index contributed by atoms with van der Waals surface area (Å²) in [5.74, 6) is -1.02. The Morgan fingerprint density at radius 1 is 1.31 bits per heavy atom. The quantitative estimate of drug-likeness (QED) is 0.698. The summed E-state index contributed by atoms with van der Waals surface area (Å²) in [6.07, 6.45) is 2.32. The molecule has 0 radical (unpaired) electrons. The van der Waals surface area contributed by atoms with Crippen molar-refractivity contribution in [1.29, 1.82) is 0 Å². The molecule has 1 atom stereocenters. The van der Waals surface area contributed by atoms with E-state index in [-0.39, 0.29) is 23.7 Å². The normalized spacial score (nSPS) is 17.3. The molecular formula is C19H22ClN3O5S. The molecule has 1 aromatic carbocycles. The van der Waals surface area contributed by atoms with Gasteiger partial charge in [0.25, 0.3) is 0 Å². The third kappa shape index (κ3) is 4.47. The molecule has 0 bridgehead atoms. The minimum Gasteiger partial charge on any atom is -0.461 e. The first-order valence-corrected chi connectivity index (χ1v) is 11.0. The van der Waals surface area contributed by atoms with Gasteiger partial charge in [-0.2, -0.15) is 4.31 Å². The Kier molecular flexibility index (Phi) is 6.30. The third-order valence-corrected chi connectivity index (χ3v) is 6.78. The van der Waals surface area contributed by atoms with Gasteiger partial charge in [0.1, 0.15) is 16.6 Å². The monoisotopic (exact) mass is 439 g/mol. The van der Waals surface area contributed by atoms with Gasteiger partial charge in [-0.05, 0) is 44.0 Å². The van der Waals surface area contributed by atoms with Crippen LogP contribution in [0.2, 0.25) is 5.02 Å². The summed E-state index contributed by atoms with van der Waals surface area (Å²) >= 11 is 5.94. The van der Waals surface area contributed by atoms with E-state index in [9.17, 15) is 18.0 Å². The van der Waals surface area contributed by atoms with Crippen LogP contribution in [0.25, 0.3) is 0 Å². The van der Waals surface area contributed by atoms with Crippen molar-refractivity contribution in [2.75, 3.05) is 18.5 Å². The minimum absolute atomic E-state index is 0.0505. The van der Waals surface area contributed by atoms with Crippen molar-refractivity contribution < 1.29 is 22.7 Å². The number of esters is 1. The van der Waals surface area contributed by atoms with Gasteiger partial charge in [0.2, 0.25) is 15.9 Å². The van der Waals surface area contributed by atoms with Gasteiger partial charge in [0, 0.05) is 30.5 Å². The van der Waals surface area contributed by atoms with E-state index in [2.05, 4.69) is 5.32 Å². The van der Waals surface area contributed by atoms with Gasteiger partial charge in [-0.25, -0.2) is 13.2 Å². The number of halogens is 1. The zero-order valence-corrected chi connectivity index (χ0v) is 17.7. The summed E-state index contributed by atoms with van der Waals surface area (Å²) in [7, 11) is -2.40. The predicted molar refractivity (Wildman–Crippen MR) is 108 cm³/mol. The number of nitrogens with one attached hydrogen (secondary N) is 1. The van der Waals surface area contributed by atoms with E-state index in [1.54, 1.807) is 38.2 Å². The second kappa shape index (κ2) is 8.56. The van der Waals surface area contributed by atoms with Gasteiger partial charge in [0.05, 0.1) is 6.61 Å². The predicted octanol–water partition coefficient (Wildman–Crippen LogP) is 2.65. The Hall–Kier alpha value is -2.36. The van der Waals surface area contributed by atoms with Crippen LogP contribution in [0.5, 0.6) is 0 Å². The van der Waals surface area contributed by atoms with Gasteiger partial charge in [-0.15, -0.1) is 0 Å². The highest BCUT2D eigenvalue weighted by atomic mass is 35.5. The molecule has 0 aliphatic carbocycles. The Morgan fingerprint density at radius 2 is 2.07 bits per heavy atom. The first-order chi connectivity index (χ1) is 13.7. The number of hydrogen-bond donors (Lipinski definition) is 1. The lowest BCUT2D eigenvalue weighted by molar-refractivity contribution is -0.119. The molecule has 1 aliphatic rings. The van der Waals surface area contributed by atoms with Crippen LogP contribution in [-0.2, 0) is 26.6 Å². The van der Waals surface area contributed by atoms with E-state index in [1.807, 2.05) is 0 Å². The fourth-order valence-corrected chi connectivity index (χ4v) is 5.22. The topological polar surface area (TPSA) is 97.7 Å². The molecule has 1 saturated heterocycles. The molecule has 2 aromatic rings. The summed E-state index contributed by atoms with van der Waals surface area (Å²) in [6, 6.07) is 7.08. The van der Waals surface area contributed by atoms with Crippen molar-refractivity contribution in [3.05, 3.63) is 47.2 Å². The lowest BCUT2D eigenvalue weighted by Gasteiger charge is -2.23. The lowest BCUT2D eigenvalue weighted by Crippen LogP contribution is -2.43. The molecule has 0 saturated carbocycles. The molecule has 3 rings (SSSR count). The minimum atomic E-state index is -3.97. The summed E-state index contributed by atoms with van der Waals surface area (Å²) in [5, 5.41) is 3.19. The number of ether oxygens (including phenoxy) is 1. The van der Waals surface area contributed by atoms with Gasteiger partial charge in [0.15, 0.2) is 0 Å². The van der Waals surface area contributed by atoms with E-state index in [4.69, 9.17) is 16.3 Å². The van der Waals surface area contributed by atoms with Crippen molar-refractivity contribution in [2.45, 2.75) is 30.7 Å². The second-order valence-corrected chi connectivity index (χ2v) is 8.99. The highest BCUT2D eigenvalue weighted by Crippen LogP contribution is 2.28. The first-order valence-electron chi connectivity index (χ1n) is 9.15. The van der Waals surface area contributed by atoms with Gasteiger partial charge in [-0.3, -0.25) is 4.79 Å². The molecular weight excluding hydrogens is 418 g/mol. The molecule has 1 amide bonds. The first kappa shape index (κ1) is 21.4. The fourth-order valence-electron chi connectivity index (χ4n) is 3.30. The zero-order chi connectivity index (χ0) is 21.2. The fraction of sp³-hybridized carbons (Fsp3) is 0.368. The van der Waals surface area contributed by atoms with Crippen LogP contribution in [0.1, 0.15) is 30.3 Å². The molecule has 29 heavy (non-hydrogen) atoms. The lowest BCUT2D eigenvalue weighted by atomic mass is 10.2. The zero-order valence-electron chi connectivity index (χ0n) is 16.1. The molecule has 156 valence electrons. The SMILES string of the molecule is CCOC(=O)c1cc(S(=O)(=O)N2CCC[C@H]2C(=O)Nc2cccc(Cl)c2)cn1C. The van der Waals surface area contributed by atoms with Crippen molar-refractivity contribution >= 4 is 39.2 Å². The molecule has 1 N–H and O–H groups in total. The van der Waals surface area contributed by atoms with Gasteiger partial charge < -0.3 is 14.6 Å². The number of hydrogen-bond acceptors (Lipinski definition) is 5. The average molecular weight is 440 g/mol. The maximum Gasteiger partial charge on any atom is 0.354 e. The molecule has 0 unspecified atom stereocenters. The number of carbonyl (C=O) groups is 2. The Bertz CT molecular complexity index is 1030. The molecule has 1 aliphatic heterocycles. The molecule has 1 fully saturated rings. The smallest absolute Gasteiger partial charge is 0.354 e. The highest BCUT2D eigenvalue weighted by Gasteiger charge is 2.40. The summed E-state index contributed by atoms with van der Waals surface area (Å²) in [4.78, 5) is 24.7. The number of anilines is 1. The second-order valence-electron chi connectivity index (χ2n) is 6.67. The maximum atomic E-state index is 13.2. The molecule has 8 nitrogen and oxygen atoms in total.